The van der Waals surface area contributed by atoms with E-state index in [9.17, 15) is 9.59 Å². The van der Waals surface area contributed by atoms with Crippen molar-refractivity contribution in [1.82, 2.24) is 15.1 Å². The van der Waals surface area contributed by atoms with Gasteiger partial charge in [0, 0.05) is 26.6 Å². The molecule has 0 bridgehead atoms. The number of hydrogen-bond acceptors (Lipinski definition) is 5. The van der Waals surface area contributed by atoms with Crippen molar-refractivity contribution in [2.24, 2.45) is 0 Å². The van der Waals surface area contributed by atoms with Crippen molar-refractivity contribution in [3.05, 3.63) is 29.8 Å². The molecule has 7 nitrogen and oxygen atoms in total. The number of likely N-dealkylation sites (N-methyl/N-ethyl adjacent to an activating group) is 2. The molecule has 0 aliphatic heterocycles. The minimum atomic E-state index is -0.738. The standard InChI is InChI=1S/C17H27N3O4/c1-19(2)10-11-20(3)17(22)18-15(16(21)24-5)12-13-6-8-14(23-4)9-7-13/h6-9,15H,10-12H2,1-5H3,(H,18,22)/t15-/m0/s1. The van der Waals surface area contributed by atoms with Gasteiger partial charge in [0.2, 0.25) is 0 Å². The summed E-state index contributed by atoms with van der Waals surface area (Å²) in [6.07, 6.45) is 0.351. The lowest BCUT2D eigenvalue weighted by molar-refractivity contribution is -0.142. The van der Waals surface area contributed by atoms with Crippen LogP contribution in [0.3, 0.4) is 0 Å². The number of nitrogens with zero attached hydrogens (tertiary/aromatic N) is 2. The van der Waals surface area contributed by atoms with Crippen LogP contribution >= 0.6 is 0 Å². The van der Waals surface area contributed by atoms with Gasteiger partial charge in [-0.25, -0.2) is 9.59 Å². The van der Waals surface area contributed by atoms with Gasteiger partial charge in [0.1, 0.15) is 11.8 Å². The summed E-state index contributed by atoms with van der Waals surface area (Å²) < 4.78 is 9.92. The number of amides is 2. The minimum absolute atomic E-state index is 0.305. The van der Waals surface area contributed by atoms with Crippen LogP contribution < -0.4 is 10.1 Å². The number of ether oxygens (including phenoxy) is 2. The smallest absolute Gasteiger partial charge is 0.328 e. The van der Waals surface area contributed by atoms with Gasteiger partial charge in [-0.05, 0) is 31.8 Å². The fourth-order valence-electron chi connectivity index (χ4n) is 2.04. The summed E-state index contributed by atoms with van der Waals surface area (Å²) in [5.41, 5.74) is 0.905. The predicted molar refractivity (Wildman–Crippen MR) is 92.2 cm³/mol. The Morgan fingerprint density at radius 1 is 1.08 bits per heavy atom. The van der Waals surface area contributed by atoms with Crippen LogP contribution in [-0.4, -0.2) is 76.3 Å². The molecule has 1 N–H and O–H groups in total. The average molecular weight is 337 g/mol. The van der Waals surface area contributed by atoms with Crippen molar-refractivity contribution in [1.29, 1.82) is 0 Å². The molecule has 1 aromatic carbocycles. The molecule has 1 atom stereocenters. The van der Waals surface area contributed by atoms with E-state index in [4.69, 9.17) is 9.47 Å². The molecule has 0 aromatic heterocycles. The Balaban J connectivity index is 2.70. The zero-order chi connectivity index (χ0) is 18.1. The van der Waals surface area contributed by atoms with Gasteiger partial charge in [0.15, 0.2) is 0 Å². The maximum absolute atomic E-state index is 12.2. The van der Waals surface area contributed by atoms with Crippen LogP contribution in [0.5, 0.6) is 5.75 Å². The van der Waals surface area contributed by atoms with E-state index in [0.717, 1.165) is 17.9 Å². The molecule has 0 aliphatic rings. The van der Waals surface area contributed by atoms with Crippen LogP contribution in [0.1, 0.15) is 5.56 Å². The van der Waals surface area contributed by atoms with E-state index in [2.05, 4.69) is 5.32 Å². The molecule has 1 aromatic rings. The predicted octanol–water partition coefficient (Wildman–Crippen LogP) is 0.982. The van der Waals surface area contributed by atoms with E-state index in [1.807, 2.05) is 43.3 Å². The largest absolute Gasteiger partial charge is 0.497 e. The SMILES string of the molecule is COC(=O)[C@H](Cc1ccc(OC)cc1)NC(=O)N(C)CCN(C)C. The van der Waals surface area contributed by atoms with Gasteiger partial charge in [-0.2, -0.15) is 0 Å². The lowest BCUT2D eigenvalue weighted by Gasteiger charge is -2.23. The molecule has 0 aliphatic carbocycles. The summed E-state index contributed by atoms with van der Waals surface area (Å²) in [4.78, 5) is 27.8. The van der Waals surface area contributed by atoms with Crippen LogP contribution in [-0.2, 0) is 16.0 Å². The minimum Gasteiger partial charge on any atom is -0.497 e. The molecule has 134 valence electrons. The topological polar surface area (TPSA) is 71.1 Å². The molecule has 0 radical (unpaired) electrons. The second-order valence-electron chi connectivity index (χ2n) is 5.80. The van der Waals surface area contributed by atoms with E-state index in [0.29, 0.717) is 13.0 Å². The van der Waals surface area contributed by atoms with Gasteiger partial charge in [-0.1, -0.05) is 12.1 Å². The van der Waals surface area contributed by atoms with E-state index < -0.39 is 12.0 Å². The number of carbonyl (C=O) groups is 2. The van der Waals surface area contributed by atoms with Gasteiger partial charge >= 0.3 is 12.0 Å². The Kier molecular flexibility index (Phi) is 8.05. The van der Waals surface area contributed by atoms with Gasteiger partial charge < -0.3 is 24.6 Å². The Labute approximate surface area is 143 Å². The maximum atomic E-state index is 12.2. The summed E-state index contributed by atoms with van der Waals surface area (Å²) in [5, 5.41) is 2.73. The zero-order valence-corrected chi connectivity index (χ0v) is 15.0. The van der Waals surface area contributed by atoms with Gasteiger partial charge in [0.25, 0.3) is 0 Å². The van der Waals surface area contributed by atoms with Crippen LogP contribution in [0.2, 0.25) is 0 Å². The summed E-state index contributed by atoms with van der Waals surface area (Å²) in [6.45, 7) is 1.31. The molecule has 0 saturated heterocycles. The molecule has 0 spiro atoms. The summed E-state index contributed by atoms with van der Waals surface area (Å²) in [6, 6.07) is 6.30. The number of hydrogen-bond donors (Lipinski definition) is 1. The average Bonchev–Trinajstić information content (AvgIpc) is 2.58. The molecule has 0 unspecified atom stereocenters. The Bertz CT molecular complexity index is 531. The third-order valence-corrected chi connectivity index (χ3v) is 3.61. The summed E-state index contributed by atoms with van der Waals surface area (Å²) in [5.74, 6) is 0.265. The molecular weight excluding hydrogens is 310 g/mol. The first-order valence-electron chi connectivity index (χ1n) is 7.74. The number of rotatable bonds is 8. The van der Waals surface area contributed by atoms with Crippen LogP contribution in [0, 0.1) is 0 Å². The van der Waals surface area contributed by atoms with Gasteiger partial charge in [-0.15, -0.1) is 0 Å². The Hall–Kier alpha value is -2.28. The van der Waals surface area contributed by atoms with Crippen molar-refractivity contribution in [2.45, 2.75) is 12.5 Å². The van der Waals surface area contributed by atoms with E-state index in [1.54, 1.807) is 19.1 Å². The van der Waals surface area contributed by atoms with Gasteiger partial charge in [0.05, 0.1) is 14.2 Å². The first kappa shape index (κ1) is 19.8. The Morgan fingerprint density at radius 3 is 2.21 bits per heavy atom. The number of nitrogens with one attached hydrogen (secondary N) is 1. The fourth-order valence-corrected chi connectivity index (χ4v) is 2.04. The van der Waals surface area contributed by atoms with Crippen molar-refractivity contribution in [3.63, 3.8) is 0 Å². The maximum Gasteiger partial charge on any atom is 0.328 e. The third kappa shape index (κ3) is 6.45. The quantitative estimate of drug-likeness (QED) is 0.716. The van der Waals surface area contributed by atoms with E-state index in [-0.39, 0.29) is 6.03 Å². The van der Waals surface area contributed by atoms with Gasteiger partial charge in [-0.3, -0.25) is 0 Å². The zero-order valence-electron chi connectivity index (χ0n) is 15.0. The summed E-state index contributed by atoms with van der Waals surface area (Å²) >= 11 is 0. The molecule has 2 amide bonds. The fraction of sp³-hybridized carbons (Fsp3) is 0.529. The van der Waals surface area contributed by atoms with E-state index >= 15 is 0 Å². The van der Waals surface area contributed by atoms with Crippen LogP contribution in [0.4, 0.5) is 4.79 Å². The summed E-state index contributed by atoms with van der Waals surface area (Å²) in [7, 11) is 8.47. The highest BCUT2D eigenvalue weighted by Crippen LogP contribution is 2.13. The highest BCUT2D eigenvalue weighted by molar-refractivity contribution is 5.83. The highest BCUT2D eigenvalue weighted by atomic mass is 16.5. The molecule has 0 saturated carbocycles. The molecule has 0 fully saturated rings. The number of urea groups is 1. The molecule has 1 rings (SSSR count). The number of esters is 1. The van der Waals surface area contributed by atoms with Crippen LogP contribution in [0.15, 0.2) is 24.3 Å². The Morgan fingerprint density at radius 2 is 1.71 bits per heavy atom. The molecule has 24 heavy (non-hydrogen) atoms. The second kappa shape index (κ2) is 9.77. The normalized spacial score (nSPS) is 11.8. The lowest BCUT2D eigenvalue weighted by atomic mass is 10.1. The third-order valence-electron chi connectivity index (χ3n) is 3.61. The molecule has 7 heteroatoms. The molecule has 0 heterocycles. The monoisotopic (exact) mass is 337 g/mol. The van der Waals surface area contributed by atoms with Crippen molar-refractivity contribution in [2.75, 3.05) is 48.5 Å². The van der Waals surface area contributed by atoms with Crippen molar-refractivity contribution >= 4 is 12.0 Å². The first-order chi connectivity index (χ1) is 11.4. The number of methoxy groups -OCH3 is 2. The number of carbonyl (C=O) groups excluding carboxylic acids is 2. The molecular formula is C17H27N3O4. The van der Waals surface area contributed by atoms with Crippen molar-refractivity contribution in [3.8, 4) is 5.75 Å². The lowest BCUT2D eigenvalue weighted by Crippen LogP contribution is -2.49. The van der Waals surface area contributed by atoms with E-state index in [1.165, 1.54) is 7.11 Å². The van der Waals surface area contributed by atoms with Crippen LogP contribution in [0.25, 0.3) is 0 Å². The van der Waals surface area contributed by atoms with Crippen molar-refractivity contribution < 1.29 is 19.1 Å². The first-order valence-corrected chi connectivity index (χ1v) is 7.74. The second-order valence-corrected chi connectivity index (χ2v) is 5.80. The highest BCUT2D eigenvalue weighted by Gasteiger charge is 2.23. The number of benzene rings is 1.